The molecule has 1 heterocycles. The van der Waals surface area contributed by atoms with E-state index in [2.05, 4.69) is 0 Å². The second kappa shape index (κ2) is 9.69. The Balaban J connectivity index is 1.67. The van der Waals surface area contributed by atoms with Gasteiger partial charge in [-0.25, -0.2) is 0 Å². The van der Waals surface area contributed by atoms with Crippen LogP contribution >= 0.6 is 0 Å². The van der Waals surface area contributed by atoms with Crippen LogP contribution in [0.5, 0.6) is 5.75 Å². The van der Waals surface area contributed by atoms with E-state index < -0.39 is 23.7 Å². The molecule has 0 bridgehead atoms. The lowest BCUT2D eigenvalue weighted by atomic mass is 9.88. The number of anilines is 1. The van der Waals surface area contributed by atoms with Crippen LogP contribution in [0.4, 0.5) is 5.69 Å². The van der Waals surface area contributed by atoms with Gasteiger partial charge in [0, 0.05) is 18.2 Å². The van der Waals surface area contributed by atoms with Crippen molar-refractivity contribution in [2.24, 2.45) is 0 Å². The maximum atomic E-state index is 13.5. The van der Waals surface area contributed by atoms with Gasteiger partial charge in [0.05, 0.1) is 11.6 Å². The number of Topliss-reactive ketones (excluding diaryl/α,β-unsaturated/α-hetero) is 1. The first-order chi connectivity index (χ1) is 17.7. The standard InChI is InChI=1S/C31H29NO5/c1-18-8-13-25(16-19(18)2)32-28(22-11-14-26(15-12-22)37-20(3)33)27(30(35)31(32)36)29(34)24-10-9-21-6-4-5-7-23(21)17-24/h8-17,28,34H,4-7H2,1-3H3/b29-27-. The summed E-state index contributed by atoms with van der Waals surface area (Å²) in [6.45, 7) is 5.25. The first-order valence-electron chi connectivity index (χ1n) is 12.5. The highest BCUT2D eigenvalue weighted by Gasteiger charge is 2.47. The number of aliphatic hydroxyl groups excluding tert-OH is 1. The fourth-order valence-corrected chi connectivity index (χ4v) is 5.21. The average molecular weight is 496 g/mol. The van der Waals surface area contributed by atoms with Gasteiger partial charge in [0.25, 0.3) is 11.7 Å². The number of ketones is 1. The summed E-state index contributed by atoms with van der Waals surface area (Å²) >= 11 is 0. The Morgan fingerprint density at radius 3 is 2.27 bits per heavy atom. The van der Waals surface area contributed by atoms with Gasteiger partial charge >= 0.3 is 5.97 Å². The van der Waals surface area contributed by atoms with Crippen molar-refractivity contribution in [1.29, 1.82) is 0 Å². The molecular weight excluding hydrogens is 466 g/mol. The zero-order chi connectivity index (χ0) is 26.3. The van der Waals surface area contributed by atoms with Crippen LogP contribution in [0.25, 0.3) is 5.76 Å². The zero-order valence-corrected chi connectivity index (χ0v) is 21.2. The molecule has 1 N–H and O–H groups in total. The molecule has 37 heavy (non-hydrogen) atoms. The van der Waals surface area contributed by atoms with Crippen molar-refractivity contribution < 1.29 is 24.2 Å². The smallest absolute Gasteiger partial charge is 0.308 e. The van der Waals surface area contributed by atoms with Gasteiger partial charge in [-0.15, -0.1) is 0 Å². The number of fused-ring (bicyclic) bond motifs is 1. The Morgan fingerprint density at radius 2 is 1.59 bits per heavy atom. The van der Waals surface area contributed by atoms with E-state index in [4.69, 9.17) is 4.74 Å². The lowest BCUT2D eigenvalue weighted by molar-refractivity contribution is -0.132. The summed E-state index contributed by atoms with van der Waals surface area (Å²) in [4.78, 5) is 39.7. The van der Waals surface area contributed by atoms with Gasteiger partial charge in [-0.3, -0.25) is 19.3 Å². The molecule has 1 fully saturated rings. The Labute approximate surface area is 216 Å². The number of carbonyl (C=O) groups is 3. The highest BCUT2D eigenvalue weighted by Crippen LogP contribution is 2.43. The number of aliphatic hydroxyl groups is 1. The molecule has 1 aliphatic carbocycles. The Morgan fingerprint density at radius 1 is 0.892 bits per heavy atom. The van der Waals surface area contributed by atoms with Crippen molar-refractivity contribution in [3.63, 3.8) is 0 Å². The summed E-state index contributed by atoms with van der Waals surface area (Å²) in [5.41, 5.74) is 6.24. The minimum Gasteiger partial charge on any atom is -0.507 e. The van der Waals surface area contributed by atoms with E-state index in [1.54, 1.807) is 24.3 Å². The number of rotatable bonds is 4. The highest BCUT2D eigenvalue weighted by atomic mass is 16.5. The molecule has 6 heteroatoms. The van der Waals surface area contributed by atoms with Crippen LogP contribution in [0.3, 0.4) is 0 Å². The van der Waals surface area contributed by atoms with Crippen molar-refractivity contribution in [2.75, 3.05) is 4.90 Å². The third-order valence-corrected chi connectivity index (χ3v) is 7.29. The lowest BCUT2D eigenvalue weighted by Crippen LogP contribution is -2.29. The van der Waals surface area contributed by atoms with Gasteiger partial charge in [-0.2, -0.15) is 0 Å². The molecule has 0 radical (unpaired) electrons. The minimum atomic E-state index is -0.843. The van der Waals surface area contributed by atoms with Gasteiger partial charge in [0.15, 0.2) is 0 Å². The van der Waals surface area contributed by atoms with E-state index in [-0.39, 0.29) is 11.3 Å². The fraction of sp³-hybridized carbons (Fsp3) is 0.258. The van der Waals surface area contributed by atoms with Crippen LogP contribution in [0.2, 0.25) is 0 Å². The SMILES string of the molecule is CC(=O)Oc1ccc(C2/C(=C(/O)c3ccc4c(c3)CCCC4)C(=O)C(=O)N2c2ccc(C)c(C)c2)cc1. The van der Waals surface area contributed by atoms with Gasteiger partial charge in [-0.1, -0.05) is 30.3 Å². The van der Waals surface area contributed by atoms with Crippen LogP contribution in [-0.2, 0) is 27.2 Å². The summed E-state index contributed by atoms with van der Waals surface area (Å²) < 4.78 is 5.16. The number of hydrogen-bond donors (Lipinski definition) is 1. The van der Waals surface area contributed by atoms with Crippen LogP contribution in [0.15, 0.2) is 66.2 Å². The van der Waals surface area contributed by atoms with Crippen LogP contribution in [0.1, 0.15) is 59.2 Å². The summed E-state index contributed by atoms with van der Waals surface area (Å²) in [6.07, 6.45) is 4.16. The molecule has 6 nitrogen and oxygen atoms in total. The maximum Gasteiger partial charge on any atom is 0.308 e. The molecule has 1 amide bonds. The van der Waals surface area contributed by atoms with E-state index in [0.29, 0.717) is 22.6 Å². The zero-order valence-electron chi connectivity index (χ0n) is 21.2. The number of nitrogens with zero attached hydrogens (tertiary/aromatic N) is 1. The maximum absolute atomic E-state index is 13.5. The topological polar surface area (TPSA) is 83.9 Å². The van der Waals surface area contributed by atoms with E-state index >= 15 is 0 Å². The predicted octanol–water partition coefficient (Wildman–Crippen LogP) is 5.73. The lowest BCUT2D eigenvalue weighted by Gasteiger charge is -2.26. The number of carbonyl (C=O) groups excluding carboxylic acids is 3. The Kier molecular flexibility index (Phi) is 6.42. The first kappa shape index (κ1) is 24.5. The second-order valence-electron chi connectivity index (χ2n) is 9.79. The van der Waals surface area contributed by atoms with Crippen LogP contribution in [-0.4, -0.2) is 22.8 Å². The molecule has 1 saturated heterocycles. The fourth-order valence-electron chi connectivity index (χ4n) is 5.21. The summed E-state index contributed by atoms with van der Waals surface area (Å²) in [5, 5.41) is 11.5. The van der Waals surface area contributed by atoms with E-state index in [0.717, 1.165) is 36.8 Å². The van der Waals surface area contributed by atoms with Gasteiger partial charge in [0.2, 0.25) is 0 Å². The van der Waals surface area contributed by atoms with Crippen molar-refractivity contribution in [1.82, 2.24) is 0 Å². The quantitative estimate of drug-likeness (QED) is 0.164. The average Bonchev–Trinajstić information content (AvgIpc) is 3.15. The van der Waals surface area contributed by atoms with Crippen LogP contribution in [0, 0.1) is 13.8 Å². The normalized spacial score (nSPS) is 18.6. The number of benzene rings is 3. The first-order valence-corrected chi connectivity index (χ1v) is 12.5. The van der Waals surface area contributed by atoms with Gasteiger partial charge in [-0.05, 0) is 97.7 Å². The molecule has 0 saturated carbocycles. The third-order valence-electron chi connectivity index (χ3n) is 7.29. The summed E-state index contributed by atoms with van der Waals surface area (Å²) in [5.74, 6) is -1.71. The summed E-state index contributed by atoms with van der Waals surface area (Å²) in [6, 6.07) is 17.2. The molecule has 2 aliphatic rings. The van der Waals surface area contributed by atoms with Crippen molar-refractivity contribution >= 4 is 29.1 Å². The molecule has 0 aromatic heterocycles. The molecule has 5 rings (SSSR count). The highest BCUT2D eigenvalue weighted by molar-refractivity contribution is 6.51. The van der Waals surface area contributed by atoms with Crippen molar-refractivity contribution in [3.8, 4) is 5.75 Å². The number of ether oxygens (including phenoxy) is 1. The molecule has 1 aliphatic heterocycles. The molecule has 0 spiro atoms. The Bertz CT molecular complexity index is 1450. The van der Waals surface area contributed by atoms with Crippen LogP contribution < -0.4 is 9.64 Å². The molecule has 1 atom stereocenters. The number of esters is 1. The molecule has 1 unspecified atom stereocenters. The van der Waals surface area contributed by atoms with E-state index in [9.17, 15) is 19.5 Å². The van der Waals surface area contributed by atoms with Crippen molar-refractivity contribution in [2.45, 2.75) is 52.5 Å². The molecule has 3 aromatic rings. The second-order valence-corrected chi connectivity index (χ2v) is 9.79. The minimum absolute atomic E-state index is 0.0409. The molecular formula is C31H29NO5. The summed E-state index contributed by atoms with van der Waals surface area (Å²) in [7, 11) is 0. The number of aryl methyl sites for hydroxylation is 4. The Hall–Kier alpha value is -4.19. The van der Waals surface area contributed by atoms with Gasteiger partial charge < -0.3 is 9.84 Å². The van der Waals surface area contributed by atoms with E-state index in [1.807, 2.05) is 50.2 Å². The predicted molar refractivity (Wildman–Crippen MR) is 142 cm³/mol. The number of amides is 1. The van der Waals surface area contributed by atoms with Gasteiger partial charge in [0.1, 0.15) is 11.5 Å². The molecule has 3 aromatic carbocycles. The third kappa shape index (κ3) is 4.55. The largest absolute Gasteiger partial charge is 0.507 e. The van der Waals surface area contributed by atoms with Crippen molar-refractivity contribution in [3.05, 3.63) is 99.6 Å². The molecule has 188 valence electrons. The van der Waals surface area contributed by atoms with E-state index in [1.165, 1.54) is 23.0 Å². The monoisotopic (exact) mass is 495 g/mol. The number of hydrogen-bond acceptors (Lipinski definition) is 5.